The fourth-order valence-corrected chi connectivity index (χ4v) is 2.04. The second kappa shape index (κ2) is 8.54. The van der Waals surface area contributed by atoms with Crippen LogP contribution in [0.3, 0.4) is 0 Å². The normalized spacial score (nSPS) is 18.0. The molecule has 1 aliphatic rings. The Bertz CT molecular complexity index is 230. The zero-order valence-corrected chi connectivity index (χ0v) is 9.89. The number of rotatable bonds is 5. The molecule has 1 rings (SSSR count). The molecule has 3 N–H and O–H groups in total. The van der Waals surface area contributed by atoms with E-state index in [1.807, 2.05) is 6.92 Å². The quantitative estimate of drug-likeness (QED) is 0.706. The maximum atomic E-state index is 5.53. The Hall–Kier alpha value is -0.600. The van der Waals surface area contributed by atoms with E-state index in [-0.39, 0.29) is 8.85 Å². The van der Waals surface area contributed by atoms with Crippen LogP contribution in [0.1, 0.15) is 47.9 Å². The molecule has 2 nitrogen and oxygen atoms in total. The van der Waals surface area contributed by atoms with Crippen molar-refractivity contribution in [3.63, 3.8) is 0 Å². The maximum Gasteiger partial charge on any atom is 0.0202 e. The maximum absolute atomic E-state index is 5.53. The summed E-state index contributed by atoms with van der Waals surface area (Å²) in [6.45, 7) is 7.61. The van der Waals surface area contributed by atoms with Crippen LogP contribution in [0.25, 0.3) is 0 Å². The monoisotopic (exact) mass is 226 g/mol. The van der Waals surface area contributed by atoms with Crippen LogP contribution in [0.5, 0.6) is 0 Å². The standard InChI is InChI=1S/C13H24N2.CH4.H2/c1-11(9-14)8-12(2)10-15-13-6-4-3-5-7-13;;/h8,13,15H,2-7,9-10,14H2,1H3;1H4;1H/b11-8+;;. The highest BCUT2D eigenvalue weighted by Gasteiger charge is 2.11. The SMILES string of the molecule is C.C=C(/C=C(\C)CN)CNC1CCCCC1.[HH]. The molecule has 1 saturated carbocycles. The lowest BCUT2D eigenvalue weighted by molar-refractivity contribution is 0.383. The van der Waals surface area contributed by atoms with Crippen molar-refractivity contribution in [2.75, 3.05) is 13.1 Å². The van der Waals surface area contributed by atoms with Crippen LogP contribution in [0, 0.1) is 0 Å². The second-order valence-corrected chi connectivity index (χ2v) is 4.57. The van der Waals surface area contributed by atoms with Gasteiger partial charge < -0.3 is 11.1 Å². The fourth-order valence-electron chi connectivity index (χ4n) is 2.04. The fraction of sp³-hybridized carbons (Fsp3) is 0.714. The van der Waals surface area contributed by atoms with Crippen molar-refractivity contribution in [2.24, 2.45) is 5.73 Å². The van der Waals surface area contributed by atoms with Gasteiger partial charge in [0.25, 0.3) is 0 Å². The van der Waals surface area contributed by atoms with Crippen molar-refractivity contribution in [1.29, 1.82) is 0 Å². The van der Waals surface area contributed by atoms with Gasteiger partial charge in [-0.2, -0.15) is 0 Å². The van der Waals surface area contributed by atoms with E-state index in [0.29, 0.717) is 12.6 Å². The van der Waals surface area contributed by atoms with E-state index in [1.165, 1.54) is 37.7 Å². The van der Waals surface area contributed by atoms with Gasteiger partial charge in [-0.25, -0.2) is 0 Å². The van der Waals surface area contributed by atoms with Gasteiger partial charge in [0.15, 0.2) is 0 Å². The van der Waals surface area contributed by atoms with Crippen LogP contribution >= 0.6 is 0 Å². The van der Waals surface area contributed by atoms with Crippen LogP contribution in [-0.4, -0.2) is 19.1 Å². The largest absolute Gasteiger partial charge is 0.327 e. The van der Waals surface area contributed by atoms with Gasteiger partial charge in [0.1, 0.15) is 0 Å². The summed E-state index contributed by atoms with van der Waals surface area (Å²) in [5.41, 5.74) is 7.87. The summed E-state index contributed by atoms with van der Waals surface area (Å²) >= 11 is 0. The number of nitrogens with one attached hydrogen (secondary N) is 1. The Kier molecular flexibility index (Phi) is 8.22. The molecular weight excluding hydrogens is 196 g/mol. The predicted molar refractivity (Wildman–Crippen MR) is 75.7 cm³/mol. The molecule has 0 atom stereocenters. The molecule has 0 aliphatic heterocycles. The summed E-state index contributed by atoms with van der Waals surface area (Å²) in [5, 5.41) is 3.57. The van der Waals surface area contributed by atoms with Crippen LogP contribution in [-0.2, 0) is 0 Å². The zero-order valence-electron chi connectivity index (χ0n) is 9.89. The van der Waals surface area contributed by atoms with Gasteiger partial charge in [-0.15, -0.1) is 0 Å². The van der Waals surface area contributed by atoms with Gasteiger partial charge >= 0.3 is 0 Å². The van der Waals surface area contributed by atoms with Crippen molar-refractivity contribution in [3.05, 3.63) is 23.8 Å². The van der Waals surface area contributed by atoms with Crippen LogP contribution in [0.2, 0.25) is 0 Å². The topological polar surface area (TPSA) is 38.0 Å². The van der Waals surface area contributed by atoms with Crippen molar-refractivity contribution >= 4 is 0 Å². The van der Waals surface area contributed by atoms with E-state index in [2.05, 4.69) is 18.0 Å². The first-order valence-corrected chi connectivity index (χ1v) is 6.00. The molecule has 0 spiro atoms. The minimum Gasteiger partial charge on any atom is -0.327 e. The molecule has 96 valence electrons. The van der Waals surface area contributed by atoms with E-state index < -0.39 is 0 Å². The van der Waals surface area contributed by atoms with Crippen molar-refractivity contribution in [3.8, 4) is 0 Å². The molecule has 0 bridgehead atoms. The average Bonchev–Trinajstić information content (AvgIpc) is 2.27. The third kappa shape index (κ3) is 6.09. The summed E-state index contributed by atoms with van der Waals surface area (Å²) in [6.07, 6.45) is 8.91. The summed E-state index contributed by atoms with van der Waals surface area (Å²) in [7, 11) is 0. The molecule has 0 radical (unpaired) electrons. The molecule has 16 heavy (non-hydrogen) atoms. The van der Waals surface area contributed by atoms with Gasteiger partial charge in [0.05, 0.1) is 0 Å². The highest BCUT2D eigenvalue weighted by Crippen LogP contribution is 2.17. The Morgan fingerprint density at radius 3 is 2.62 bits per heavy atom. The molecule has 0 heterocycles. The first-order valence-electron chi connectivity index (χ1n) is 6.00. The molecule has 1 aliphatic carbocycles. The van der Waals surface area contributed by atoms with E-state index in [9.17, 15) is 0 Å². The van der Waals surface area contributed by atoms with E-state index in [0.717, 1.165) is 12.1 Å². The van der Waals surface area contributed by atoms with E-state index in [1.54, 1.807) is 0 Å². The summed E-state index contributed by atoms with van der Waals surface area (Å²) < 4.78 is 0. The minimum absolute atomic E-state index is 0. The molecule has 0 saturated heterocycles. The van der Waals surface area contributed by atoms with Crippen LogP contribution in [0.15, 0.2) is 23.8 Å². The Morgan fingerprint density at radius 1 is 1.44 bits per heavy atom. The van der Waals surface area contributed by atoms with Crippen molar-refractivity contribution in [2.45, 2.75) is 52.5 Å². The third-order valence-corrected chi connectivity index (χ3v) is 3.00. The smallest absolute Gasteiger partial charge is 0.0202 e. The molecule has 0 aromatic rings. The van der Waals surface area contributed by atoms with Gasteiger partial charge in [-0.1, -0.05) is 44.9 Å². The predicted octanol–water partition coefficient (Wildman–Crippen LogP) is 3.25. The third-order valence-electron chi connectivity index (χ3n) is 3.00. The Morgan fingerprint density at radius 2 is 2.06 bits per heavy atom. The highest BCUT2D eigenvalue weighted by molar-refractivity contribution is 5.21. The minimum atomic E-state index is 0. The molecule has 0 aromatic carbocycles. The number of hydrogen-bond donors (Lipinski definition) is 2. The zero-order chi connectivity index (χ0) is 11.1. The molecule has 2 heteroatoms. The molecule has 1 fully saturated rings. The van der Waals surface area contributed by atoms with Crippen molar-refractivity contribution < 1.29 is 1.43 Å². The number of nitrogens with two attached hydrogens (primary N) is 1. The lowest BCUT2D eigenvalue weighted by atomic mass is 9.95. The van der Waals surface area contributed by atoms with Crippen molar-refractivity contribution in [1.82, 2.24) is 5.32 Å². The lowest BCUT2D eigenvalue weighted by Gasteiger charge is -2.23. The summed E-state index contributed by atoms with van der Waals surface area (Å²) in [4.78, 5) is 0. The van der Waals surface area contributed by atoms with E-state index >= 15 is 0 Å². The molecule has 0 unspecified atom stereocenters. The summed E-state index contributed by atoms with van der Waals surface area (Å²) in [5.74, 6) is 0. The van der Waals surface area contributed by atoms with Crippen LogP contribution in [0.4, 0.5) is 0 Å². The van der Waals surface area contributed by atoms with Gasteiger partial charge in [-0.05, 0) is 25.3 Å². The lowest BCUT2D eigenvalue weighted by Crippen LogP contribution is -2.32. The van der Waals surface area contributed by atoms with Crippen LogP contribution < -0.4 is 11.1 Å². The molecular formula is C14H30N2. The average molecular weight is 226 g/mol. The first kappa shape index (κ1) is 15.4. The van der Waals surface area contributed by atoms with Gasteiger partial charge in [0.2, 0.25) is 0 Å². The molecule has 0 amide bonds. The highest BCUT2D eigenvalue weighted by atomic mass is 14.9. The number of hydrogen-bond acceptors (Lipinski definition) is 2. The Labute approximate surface area is 102 Å². The first-order chi connectivity index (χ1) is 7.22. The van der Waals surface area contributed by atoms with E-state index in [4.69, 9.17) is 5.73 Å². The second-order valence-electron chi connectivity index (χ2n) is 4.57. The summed E-state index contributed by atoms with van der Waals surface area (Å²) in [6, 6.07) is 0.710. The molecule has 0 aromatic heterocycles. The Balaban J connectivity index is 0. The van der Waals surface area contributed by atoms with Gasteiger partial charge in [0, 0.05) is 20.6 Å². The van der Waals surface area contributed by atoms with Gasteiger partial charge in [-0.3, -0.25) is 0 Å².